The summed E-state index contributed by atoms with van der Waals surface area (Å²) in [6.07, 6.45) is 3.54. The van der Waals surface area contributed by atoms with Gasteiger partial charge in [-0.2, -0.15) is 0 Å². The van der Waals surface area contributed by atoms with Gasteiger partial charge in [0.15, 0.2) is 0 Å². The molecular formula is C35H38O6P2. The Bertz CT molecular complexity index is 1270. The molecule has 8 heteroatoms. The van der Waals surface area contributed by atoms with E-state index < -0.39 is 16.3 Å². The summed E-state index contributed by atoms with van der Waals surface area (Å²) in [6, 6.07) is 33.1. The lowest BCUT2D eigenvalue weighted by Gasteiger charge is -2.41. The topological polar surface area (TPSA) is 55.4 Å². The summed E-state index contributed by atoms with van der Waals surface area (Å²) in [5, 5.41) is 4.71. The fraction of sp³-hybridized carbons (Fsp3) is 0.314. The standard InChI is InChI=1S/C35H38O6P2/c1-36-25-5-13-30(14-6-25)42(31-15-7-26(37-2)8-16-31)40-29-21-24-22-35(34(24)23-29)41-43(32-17-9-27(38-3)10-18-32)33-19-11-28(39-4)12-20-33/h5-20,24,29,34-35H,21-23H2,1-4H3/t24-,29-,34-,35+/m1/s1. The molecule has 0 aliphatic heterocycles. The average Bonchev–Trinajstić information content (AvgIpc) is 3.39. The quantitative estimate of drug-likeness (QED) is 0.174. The number of hydrogen-bond acceptors (Lipinski definition) is 6. The van der Waals surface area contributed by atoms with E-state index in [9.17, 15) is 0 Å². The molecule has 2 saturated carbocycles. The normalized spacial score (nSPS) is 20.9. The lowest BCUT2D eigenvalue weighted by atomic mass is 9.74. The Balaban J connectivity index is 1.18. The largest absolute Gasteiger partial charge is 0.497 e. The lowest BCUT2D eigenvalue weighted by molar-refractivity contribution is 0.0161. The summed E-state index contributed by atoms with van der Waals surface area (Å²) in [7, 11) is 4.80. The van der Waals surface area contributed by atoms with Gasteiger partial charge in [0.25, 0.3) is 0 Å². The van der Waals surface area contributed by atoms with E-state index in [1.54, 1.807) is 28.4 Å². The number of fused-ring (bicyclic) bond motifs is 1. The fourth-order valence-electron chi connectivity index (χ4n) is 6.01. The third-order valence-electron chi connectivity index (χ3n) is 8.44. The molecule has 0 aromatic heterocycles. The Morgan fingerprint density at radius 2 is 0.791 bits per heavy atom. The van der Waals surface area contributed by atoms with Crippen molar-refractivity contribution >= 4 is 37.5 Å². The highest BCUT2D eigenvalue weighted by molar-refractivity contribution is 7.68. The first-order valence-electron chi connectivity index (χ1n) is 14.6. The summed E-state index contributed by atoms with van der Waals surface area (Å²) >= 11 is 0. The van der Waals surface area contributed by atoms with Crippen LogP contribution in [0.25, 0.3) is 0 Å². The van der Waals surface area contributed by atoms with Crippen molar-refractivity contribution in [3.8, 4) is 23.0 Å². The van der Waals surface area contributed by atoms with E-state index >= 15 is 0 Å². The molecule has 0 spiro atoms. The van der Waals surface area contributed by atoms with E-state index in [0.29, 0.717) is 11.8 Å². The Morgan fingerprint density at radius 3 is 1.14 bits per heavy atom. The van der Waals surface area contributed by atoms with Gasteiger partial charge in [-0.1, -0.05) is 0 Å². The smallest absolute Gasteiger partial charge is 0.118 e. The highest BCUT2D eigenvalue weighted by atomic mass is 31.1. The molecule has 6 rings (SSSR count). The summed E-state index contributed by atoms with van der Waals surface area (Å²) in [6.45, 7) is 0. The summed E-state index contributed by atoms with van der Waals surface area (Å²) in [5.74, 6) is 4.50. The van der Waals surface area contributed by atoms with Gasteiger partial charge in [-0.3, -0.25) is 0 Å². The number of ether oxygens (including phenoxy) is 4. The van der Waals surface area contributed by atoms with E-state index in [0.717, 1.165) is 42.3 Å². The van der Waals surface area contributed by atoms with Crippen molar-refractivity contribution in [2.45, 2.75) is 31.5 Å². The van der Waals surface area contributed by atoms with Gasteiger partial charge in [0.05, 0.1) is 56.9 Å². The Labute approximate surface area is 256 Å². The zero-order valence-corrected chi connectivity index (χ0v) is 26.8. The molecule has 2 fully saturated rings. The molecule has 6 nitrogen and oxygen atoms in total. The van der Waals surface area contributed by atoms with Crippen LogP contribution in [0.2, 0.25) is 0 Å². The first kappa shape index (κ1) is 29.9. The predicted octanol–water partition coefficient (Wildman–Crippen LogP) is 6.32. The van der Waals surface area contributed by atoms with Gasteiger partial charge in [0.2, 0.25) is 0 Å². The van der Waals surface area contributed by atoms with Crippen LogP contribution in [0.4, 0.5) is 0 Å². The minimum Gasteiger partial charge on any atom is -0.497 e. The highest BCUT2D eigenvalue weighted by Crippen LogP contribution is 2.55. The van der Waals surface area contributed by atoms with Crippen LogP contribution in [-0.2, 0) is 9.05 Å². The van der Waals surface area contributed by atoms with E-state index in [1.807, 2.05) is 48.5 Å². The SMILES string of the molecule is COc1ccc(P(O[C@@H]2C[C@@H]3C[C@H](OP(c4ccc(OC)cc4)c4ccc(OC)cc4)[C@@H]3C2)c2ccc(OC)cc2)cc1. The second kappa shape index (κ2) is 13.7. The van der Waals surface area contributed by atoms with Crippen molar-refractivity contribution in [1.29, 1.82) is 0 Å². The second-order valence-corrected chi connectivity index (χ2v) is 14.5. The third-order valence-corrected chi connectivity index (χ3v) is 12.5. The van der Waals surface area contributed by atoms with Crippen molar-refractivity contribution < 1.29 is 28.0 Å². The number of hydrogen-bond donors (Lipinski definition) is 0. The van der Waals surface area contributed by atoms with Gasteiger partial charge < -0.3 is 28.0 Å². The van der Waals surface area contributed by atoms with E-state index in [2.05, 4.69) is 48.5 Å². The maximum Gasteiger partial charge on any atom is 0.118 e. The molecule has 4 atom stereocenters. The monoisotopic (exact) mass is 616 g/mol. The van der Waals surface area contributed by atoms with Gasteiger partial charge in [-0.15, -0.1) is 0 Å². The van der Waals surface area contributed by atoms with Crippen LogP contribution in [-0.4, -0.2) is 40.6 Å². The Kier molecular flexibility index (Phi) is 9.50. The molecule has 0 heterocycles. The number of benzene rings is 4. The Hall–Kier alpha value is -3.14. The molecule has 2 aliphatic carbocycles. The maximum atomic E-state index is 7.00. The maximum absolute atomic E-state index is 7.00. The van der Waals surface area contributed by atoms with E-state index in [1.165, 1.54) is 21.2 Å². The van der Waals surface area contributed by atoms with Gasteiger partial charge in [0.1, 0.15) is 23.0 Å². The zero-order chi connectivity index (χ0) is 29.8. The molecule has 2 aliphatic rings. The molecule has 0 unspecified atom stereocenters. The molecule has 0 radical (unpaired) electrons. The van der Waals surface area contributed by atoms with Crippen molar-refractivity contribution in [3.05, 3.63) is 97.1 Å². The first-order chi connectivity index (χ1) is 21.1. The average molecular weight is 617 g/mol. The molecule has 224 valence electrons. The molecule has 0 saturated heterocycles. The van der Waals surface area contributed by atoms with Crippen LogP contribution in [0.3, 0.4) is 0 Å². The summed E-state index contributed by atoms with van der Waals surface area (Å²) in [5.41, 5.74) is 0. The van der Waals surface area contributed by atoms with Gasteiger partial charge in [-0.05, 0) is 128 Å². The van der Waals surface area contributed by atoms with Crippen LogP contribution in [0.15, 0.2) is 97.1 Å². The second-order valence-electron chi connectivity index (χ2n) is 10.9. The van der Waals surface area contributed by atoms with Crippen molar-refractivity contribution in [3.63, 3.8) is 0 Å². The summed E-state index contributed by atoms with van der Waals surface area (Å²) in [4.78, 5) is 0. The minimum absolute atomic E-state index is 0.187. The molecular weight excluding hydrogens is 578 g/mol. The predicted molar refractivity (Wildman–Crippen MR) is 175 cm³/mol. The van der Waals surface area contributed by atoms with Gasteiger partial charge in [0, 0.05) is 21.2 Å². The van der Waals surface area contributed by atoms with Crippen molar-refractivity contribution in [2.75, 3.05) is 28.4 Å². The van der Waals surface area contributed by atoms with Crippen molar-refractivity contribution in [2.24, 2.45) is 11.8 Å². The zero-order valence-electron chi connectivity index (χ0n) is 25.0. The van der Waals surface area contributed by atoms with Crippen molar-refractivity contribution in [1.82, 2.24) is 0 Å². The molecule has 4 aromatic rings. The fourth-order valence-corrected chi connectivity index (χ4v) is 9.76. The van der Waals surface area contributed by atoms with Crippen LogP contribution in [0.5, 0.6) is 23.0 Å². The first-order valence-corrected chi connectivity index (χ1v) is 17.1. The minimum atomic E-state index is -0.992. The molecule has 0 N–H and O–H groups in total. The Morgan fingerprint density at radius 1 is 0.442 bits per heavy atom. The molecule has 0 bridgehead atoms. The molecule has 0 amide bonds. The van der Waals surface area contributed by atoms with Crippen LogP contribution in [0.1, 0.15) is 19.3 Å². The number of rotatable bonds is 12. The lowest BCUT2D eigenvalue weighted by Crippen LogP contribution is -2.40. The van der Waals surface area contributed by atoms with Crippen LogP contribution < -0.4 is 40.2 Å². The van der Waals surface area contributed by atoms with Gasteiger partial charge >= 0.3 is 0 Å². The third kappa shape index (κ3) is 6.69. The molecule has 4 aromatic carbocycles. The molecule has 43 heavy (non-hydrogen) atoms. The van der Waals surface area contributed by atoms with Gasteiger partial charge in [-0.25, -0.2) is 0 Å². The van der Waals surface area contributed by atoms with E-state index in [-0.39, 0.29) is 12.2 Å². The number of methoxy groups -OCH3 is 4. The van der Waals surface area contributed by atoms with Crippen LogP contribution in [0, 0.1) is 11.8 Å². The summed E-state index contributed by atoms with van der Waals surface area (Å²) < 4.78 is 35.6. The van der Waals surface area contributed by atoms with E-state index in [4.69, 9.17) is 28.0 Å². The van der Waals surface area contributed by atoms with Crippen LogP contribution >= 0.6 is 16.3 Å². The highest BCUT2D eigenvalue weighted by Gasteiger charge is 2.50.